The van der Waals surface area contributed by atoms with E-state index in [1.807, 2.05) is 32.0 Å². The molecule has 140 valence electrons. The average Bonchev–Trinajstić information content (AvgIpc) is 3.23. The van der Waals surface area contributed by atoms with Crippen LogP contribution in [0.25, 0.3) is 10.2 Å². The first-order valence-electron chi connectivity index (χ1n) is 9.28. The van der Waals surface area contributed by atoms with Crippen LogP contribution in [0.4, 0.5) is 0 Å². The first-order valence-corrected chi connectivity index (χ1v) is 10.1. The number of para-hydroxylation sites is 1. The van der Waals surface area contributed by atoms with Gasteiger partial charge in [-0.3, -0.25) is 9.59 Å². The summed E-state index contributed by atoms with van der Waals surface area (Å²) in [7, 11) is 0. The molecule has 1 fully saturated rings. The number of rotatable bonds is 7. The number of aromatic nitrogens is 1. The lowest BCUT2D eigenvalue weighted by atomic mass is 9.76. The third-order valence-electron chi connectivity index (χ3n) is 5.55. The summed E-state index contributed by atoms with van der Waals surface area (Å²) in [5.41, 5.74) is 0.260. The van der Waals surface area contributed by atoms with Crippen molar-refractivity contribution in [3.63, 3.8) is 0 Å². The summed E-state index contributed by atoms with van der Waals surface area (Å²) in [4.78, 5) is 30.5. The van der Waals surface area contributed by atoms with Crippen LogP contribution in [0.1, 0.15) is 44.5 Å². The second-order valence-electron chi connectivity index (χ2n) is 7.46. The predicted molar refractivity (Wildman–Crippen MR) is 103 cm³/mol. The van der Waals surface area contributed by atoms with Gasteiger partial charge in [0.25, 0.3) is 0 Å². The van der Waals surface area contributed by atoms with Crippen LogP contribution in [0.15, 0.2) is 24.3 Å². The first kappa shape index (κ1) is 18.8. The number of fused-ring (bicyclic) bond motifs is 1. The summed E-state index contributed by atoms with van der Waals surface area (Å²) >= 11 is 1.72. The van der Waals surface area contributed by atoms with Gasteiger partial charge in [0.05, 0.1) is 20.6 Å². The number of nitrogens with zero attached hydrogens (tertiary/aromatic N) is 2. The molecule has 3 rings (SSSR count). The minimum atomic E-state index is -0.781. The molecule has 1 aliphatic heterocycles. The van der Waals surface area contributed by atoms with Crippen LogP contribution in [0.2, 0.25) is 0 Å². The van der Waals surface area contributed by atoms with Crippen molar-refractivity contribution in [1.82, 2.24) is 9.88 Å². The van der Waals surface area contributed by atoms with Gasteiger partial charge in [-0.2, -0.15) is 0 Å². The molecule has 1 aliphatic rings. The lowest BCUT2D eigenvalue weighted by Gasteiger charge is -2.28. The molecule has 0 radical (unpaired) electrons. The highest BCUT2D eigenvalue weighted by atomic mass is 32.1. The summed E-state index contributed by atoms with van der Waals surface area (Å²) in [5.74, 6) is -0.673. The lowest BCUT2D eigenvalue weighted by molar-refractivity contribution is -0.151. The first-order chi connectivity index (χ1) is 12.4. The zero-order valence-electron chi connectivity index (χ0n) is 15.4. The Hall–Kier alpha value is -1.95. The number of carboxylic acid groups (broad SMARTS) is 1. The van der Waals surface area contributed by atoms with Gasteiger partial charge in [0.15, 0.2) is 0 Å². The van der Waals surface area contributed by atoms with Crippen molar-refractivity contribution in [2.45, 2.75) is 46.0 Å². The molecular weight excluding hydrogens is 348 g/mol. The van der Waals surface area contributed by atoms with Crippen molar-refractivity contribution in [3.05, 3.63) is 29.3 Å². The monoisotopic (exact) mass is 374 g/mol. The number of unbranched alkanes of at least 4 members (excludes halogenated alkanes) is 1. The summed E-state index contributed by atoms with van der Waals surface area (Å²) in [6.45, 7) is 4.76. The van der Waals surface area contributed by atoms with Gasteiger partial charge < -0.3 is 10.0 Å². The van der Waals surface area contributed by atoms with Gasteiger partial charge in [-0.15, -0.1) is 11.3 Å². The molecule has 2 aromatic rings. The molecular formula is C20H26N2O3S. The Labute approximate surface area is 158 Å². The molecule has 1 amide bonds. The summed E-state index contributed by atoms with van der Waals surface area (Å²) in [6, 6.07) is 8.12. The van der Waals surface area contributed by atoms with E-state index in [-0.39, 0.29) is 11.8 Å². The molecule has 26 heavy (non-hydrogen) atoms. The zero-order valence-corrected chi connectivity index (χ0v) is 16.2. The number of amides is 1. The number of likely N-dealkylation sites (tertiary alicyclic amines) is 1. The Morgan fingerprint density at radius 3 is 2.73 bits per heavy atom. The normalized spacial score (nSPS) is 20.2. The zero-order chi connectivity index (χ0) is 18.7. The standard InChI is InChI=1S/C20H26N2O3S/c1-14(2)20(19(24)25)11-12-22(13-20)18(23)10-6-5-9-17-21-15-7-3-4-8-16(15)26-17/h3-4,7-8,14H,5-6,9-13H2,1-2H3,(H,24,25). The van der Waals surface area contributed by atoms with Gasteiger partial charge in [0.2, 0.25) is 5.91 Å². The Morgan fingerprint density at radius 1 is 1.31 bits per heavy atom. The molecule has 6 heteroatoms. The van der Waals surface area contributed by atoms with E-state index in [2.05, 4.69) is 11.1 Å². The highest BCUT2D eigenvalue weighted by Crippen LogP contribution is 2.38. The SMILES string of the molecule is CC(C)C1(C(=O)O)CCN(C(=O)CCCCc2nc3ccccc3s2)C1. The van der Waals surface area contributed by atoms with Crippen LogP contribution in [0.5, 0.6) is 0 Å². The Kier molecular flexibility index (Phi) is 5.61. The molecule has 0 saturated carbocycles. The van der Waals surface area contributed by atoms with Gasteiger partial charge >= 0.3 is 5.97 Å². The summed E-state index contributed by atoms with van der Waals surface area (Å²) in [5, 5.41) is 10.7. The molecule has 1 aromatic carbocycles. The maximum atomic E-state index is 12.5. The second-order valence-corrected chi connectivity index (χ2v) is 8.58. The molecule has 1 saturated heterocycles. The third-order valence-corrected chi connectivity index (χ3v) is 6.65. The van der Waals surface area contributed by atoms with Gasteiger partial charge in [-0.05, 0) is 43.7 Å². The van der Waals surface area contributed by atoms with Crippen LogP contribution in [-0.4, -0.2) is 40.0 Å². The fourth-order valence-corrected chi connectivity index (χ4v) is 4.69. The minimum absolute atomic E-state index is 0.0248. The highest BCUT2D eigenvalue weighted by Gasteiger charge is 2.48. The maximum absolute atomic E-state index is 12.5. The van der Waals surface area contributed by atoms with Crippen LogP contribution >= 0.6 is 11.3 Å². The van der Waals surface area contributed by atoms with Gasteiger partial charge in [0.1, 0.15) is 0 Å². The quantitative estimate of drug-likeness (QED) is 0.745. The van der Waals surface area contributed by atoms with E-state index in [4.69, 9.17) is 0 Å². The molecule has 0 bridgehead atoms. The number of carbonyl (C=O) groups excluding carboxylic acids is 1. The Morgan fingerprint density at radius 2 is 2.08 bits per heavy atom. The second kappa shape index (κ2) is 7.74. The van der Waals surface area contributed by atoms with Crippen LogP contribution < -0.4 is 0 Å². The van der Waals surface area contributed by atoms with Crippen molar-refractivity contribution in [1.29, 1.82) is 0 Å². The molecule has 5 nitrogen and oxygen atoms in total. The number of hydrogen-bond acceptors (Lipinski definition) is 4. The van der Waals surface area contributed by atoms with Crippen LogP contribution in [0.3, 0.4) is 0 Å². The summed E-state index contributed by atoms with van der Waals surface area (Å²) in [6.07, 6.45) is 3.66. The van der Waals surface area contributed by atoms with Gasteiger partial charge in [-0.25, -0.2) is 4.98 Å². The van der Waals surface area contributed by atoms with E-state index < -0.39 is 11.4 Å². The van der Waals surface area contributed by atoms with E-state index >= 15 is 0 Å². The maximum Gasteiger partial charge on any atom is 0.311 e. The van der Waals surface area contributed by atoms with Gasteiger partial charge in [-0.1, -0.05) is 26.0 Å². The third kappa shape index (κ3) is 3.75. The number of carboxylic acids is 1. The largest absolute Gasteiger partial charge is 0.481 e. The molecule has 1 aromatic heterocycles. The topological polar surface area (TPSA) is 70.5 Å². The van der Waals surface area contributed by atoms with E-state index in [9.17, 15) is 14.7 Å². The smallest absolute Gasteiger partial charge is 0.311 e. The fourth-order valence-electron chi connectivity index (χ4n) is 3.68. The van der Waals surface area contributed by atoms with Gasteiger partial charge in [0, 0.05) is 19.5 Å². The molecule has 0 aliphatic carbocycles. The van der Waals surface area contributed by atoms with Crippen molar-refractivity contribution >= 4 is 33.4 Å². The summed E-state index contributed by atoms with van der Waals surface area (Å²) < 4.78 is 1.20. The number of hydrogen-bond donors (Lipinski definition) is 1. The number of benzene rings is 1. The van der Waals surface area contributed by atoms with Crippen molar-refractivity contribution in [3.8, 4) is 0 Å². The van der Waals surface area contributed by atoms with Crippen molar-refractivity contribution < 1.29 is 14.7 Å². The van der Waals surface area contributed by atoms with E-state index in [0.29, 0.717) is 25.9 Å². The van der Waals surface area contributed by atoms with E-state index in [1.165, 1.54) is 4.70 Å². The fraction of sp³-hybridized carbons (Fsp3) is 0.550. The number of carbonyl (C=O) groups is 2. The molecule has 1 N–H and O–H groups in total. The van der Waals surface area contributed by atoms with Crippen molar-refractivity contribution in [2.24, 2.45) is 11.3 Å². The van der Waals surface area contributed by atoms with E-state index in [0.717, 1.165) is 29.8 Å². The predicted octanol–water partition coefficient (Wildman–Crippen LogP) is 3.97. The number of aryl methyl sites for hydroxylation is 1. The van der Waals surface area contributed by atoms with Crippen LogP contribution in [0, 0.1) is 11.3 Å². The molecule has 1 atom stereocenters. The molecule has 1 unspecified atom stereocenters. The van der Waals surface area contributed by atoms with Crippen LogP contribution in [-0.2, 0) is 16.0 Å². The number of thiazole rings is 1. The number of aliphatic carboxylic acids is 1. The van der Waals surface area contributed by atoms with Crippen molar-refractivity contribution in [2.75, 3.05) is 13.1 Å². The Bertz CT molecular complexity index is 768. The lowest BCUT2D eigenvalue weighted by Crippen LogP contribution is -2.40. The highest BCUT2D eigenvalue weighted by molar-refractivity contribution is 7.18. The Balaban J connectivity index is 1.46. The molecule has 2 heterocycles. The van der Waals surface area contributed by atoms with E-state index in [1.54, 1.807) is 16.2 Å². The minimum Gasteiger partial charge on any atom is -0.481 e. The molecule has 0 spiro atoms. The average molecular weight is 375 g/mol.